The van der Waals surface area contributed by atoms with Gasteiger partial charge in [-0.05, 0) is 12.8 Å². The van der Waals surface area contributed by atoms with Crippen LogP contribution < -0.4 is 11.1 Å². The summed E-state index contributed by atoms with van der Waals surface area (Å²) in [6, 6.07) is -1.13. The number of hydrogen-bond donors (Lipinski definition) is 2. The fourth-order valence-electron chi connectivity index (χ4n) is 3.02. The van der Waals surface area contributed by atoms with E-state index >= 15 is 0 Å². The first-order chi connectivity index (χ1) is 9.93. The molecule has 1 saturated carbocycles. The molecule has 2 fully saturated rings. The van der Waals surface area contributed by atoms with Crippen LogP contribution >= 0.6 is 0 Å². The van der Waals surface area contributed by atoms with E-state index in [4.69, 9.17) is 10.5 Å². The molecule has 1 aliphatic carbocycles. The molecule has 0 bridgehead atoms. The normalized spacial score (nSPS) is 31.5. The zero-order chi connectivity index (χ0) is 15.3. The number of nitrogens with one attached hydrogen (secondary N) is 1. The van der Waals surface area contributed by atoms with Crippen molar-refractivity contribution in [3.63, 3.8) is 0 Å². The van der Waals surface area contributed by atoms with E-state index in [1.165, 1.54) is 0 Å². The topological polar surface area (TPSA) is 47.3 Å². The number of fused-ring (bicyclic) bond motifs is 1. The average Bonchev–Trinajstić information content (AvgIpc) is 2.50. The van der Waals surface area contributed by atoms with Gasteiger partial charge in [-0.25, -0.2) is 22.0 Å². The molecule has 3 N–H and O–H groups in total. The molecule has 3 nitrogen and oxygen atoms in total. The zero-order valence-electron chi connectivity index (χ0n) is 10.8. The summed E-state index contributed by atoms with van der Waals surface area (Å²) in [6.07, 6.45) is 1.29. The molecule has 21 heavy (non-hydrogen) atoms. The molecule has 8 heteroatoms. The Morgan fingerprint density at radius 3 is 2.14 bits per heavy atom. The summed E-state index contributed by atoms with van der Waals surface area (Å²) in [7, 11) is 0. The number of hydrogen-bond acceptors (Lipinski definition) is 3. The lowest BCUT2D eigenvalue weighted by Crippen LogP contribution is -2.69. The van der Waals surface area contributed by atoms with E-state index in [0.717, 1.165) is 12.8 Å². The van der Waals surface area contributed by atoms with E-state index in [9.17, 15) is 22.0 Å². The zero-order valence-corrected chi connectivity index (χ0v) is 10.8. The van der Waals surface area contributed by atoms with Crippen LogP contribution in [0, 0.1) is 35.0 Å². The Morgan fingerprint density at radius 2 is 1.52 bits per heavy atom. The second-order valence-electron chi connectivity index (χ2n) is 5.33. The summed E-state index contributed by atoms with van der Waals surface area (Å²) >= 11 is 0. The van der Waals surface area contributed by atoms with E-state index < -0.39 is 46.9 Å². The highest BCUT2D eigenvalue weighted by Gasteiger charge is 2.51. The predicted molar refractivity (Wildman–Crippen MR) is 64.1 cm³/mol. The van der Waals surface area contributed by atoms with E-state index in [1.807, 2.05) is 0 Å². The van der Waals surface area contributed by atoms with Crippen LogP contribution in [-0.4, -0.2) is 24.8 Å². The molecule has 4 unspecified atom stereocenters. The molecule has 1 aliphatic heterocycles. The van der Waals surface area contributed by atoms with E-state index in [-0.39, 0.29) is 12.0 Å². The highest BCUT2D eigenvalue weighted by Crippen LogP contribution is 2.39. The number of anilines is 1. The Bertz CT molecular complexity index is 553. The summed E-state index contributed by atoms with van der Waals surface area (Å²) in [5.74, 6) is -9.88. The Balaban J connectivity index is 1.89. The van der Waals surface area contributed by atoms with Gasteiger partial charge < -0.3 is 15.8 Å². The second kappa shape index (κ2) is 5.10. The molecule has 0 aromatic heterocycles. The van der Waals surface area contributed by atoms with Gasteiger partial charge in [0.1, 0.15) is 5.69 Å². The van der Waals surface area contributed by atoms with Gasteiger partial charge in [-0.15, -0.1) is 0 Å². The second-order valence-corrected chi connectivity index (χ2v) is 5.33. The van der Waals surface area contributed by atoms with Crippen molar-refractivity contribution in [3.05, 3.63) is 29.1 Å². The smallest absolute Gasteiger partial charge is 0.200 e. The third-order valence-electron chi connectivity index (χ3n) is 4.20. The maximum Gasteiger partial charge on any atom is 0.200 e. The van der Waals surface area contributed by atoms with Crippen molar-refractivity contribution in [2.24, 2.45) is 11.7 Å². The summed E-state index contributed by atoms with van der Waals surface area (Å²) in [5, 5.41) is 2.33. The van der Waals surface area contributed by atoms with Gasteiger partial charge in [0.2, 0.25) is 5.82 Å². The van der Waals surface area contributed by atoms with Crippen molar-refractivity contribution in [2.45, 2.75) is 31.0 Å². The van der Waals surface area contributed by atoms with Crippen molar-refractivity contribution in [3.8, 4) is 0 Å². The van der Waals surface area contributed by atoms with Gasteiger partial charge in [-0.3, -0.25) is 0 Å². The Hall–Kier alpha value is -1.41. The number of nitrogens with two attached hydrogens (primary N) is 1. The average molecular weight is 308 g/mol. The van der Waals surface area contributed by atoms with Crippen molar-refractivity contribution in [1.82, 2.24) is 0 Å². The fraction of sp³-hybridized carbons (Fsp3) is 0.538. The molecule has 2 aliphatic rings. The van der Waals surface area contributed by atoms with Crippen LogP contribution in [0.5, 0.6) is 0 Å². The first-order valence-corrected chi connectivity index (χ1v) is 6.58. The van der Waals surface area contributed by atoms with Gasteiger partial charge in [-0.2, -0.15) is 0 Å². The molecule has 4 atom stereocenters. The van der Waals surface area contributed by atoms with Gasteiger partial charge in [0.15, 0.2) is 23.3 Å². The Morgan fingerprint density at radius 1 is 0.952 bits per heavy atom. The molecular formula is C13H13F5N2O. The van der Waals surface area contributed by atoms with Crippen LogP contribution in [0.3, 0.4) is 0 Å². The SMILES string of the molecule is NC1C2CCCOC2C1Nc1c(F)c(F)c(F)c(F)c1F. The summed E-state index contributed by atoms with van der Waals surface area (Å²) in [6.45, 7) is 0.489. The molecule has 1 aromatic rings. The highest BCUT2D eigenvalue weighted by molar-refractivity contribution is 5.50. The fourth-order valence-corrected chi connectivity index (χ4v) is 3.02. The van der Waals surface area contributed by atoms with Crippen LogP contribution in [-0.2, 0) is 4.74 Å². The van der Waals surface area contributed by atoms with Crippen LogP contribution in [0.4, 0.5) is 27.6 Å². The van der Waals surface area contributed by atoms with Gasteiger partial charge in [-0.1, -0.05) is 0 Å². The van der Waals surface area contributed by atoms with E-state index in [1.54, 1.807) is 0 Å². The highest BCUT2D eigenvalue weighted by atomic mass is 19.2. The molecule has 0 amide bonds. The molecule has 3 rings (SSSR count). The molecule has 116 valence electrons. The molecular weight excluding hydrogens is 295 g/mol. The molecule has 1 aromatic carbocycles. The predicted octanol–water partition coefficient (Wildman–Crippen LogP) is 2.30. The van der Waals surface area contributed by atoms with E-state index in [2.05, 4.69) is 5.32 Å². The third kappa shape index (κ3) is 2.08. The minimum atomic E-state index is -2.18. The lowest BCUT2D eigenvalue weighted by molar-refractivity contribution is -0.104. The standard InChI is InChI=1S/C13H13F5N2O/c14-5-6(15)8(17)11(9(18)7(5)16)20-12-10(19)4-2-1-3-21-13(4)12/h4,10,12-13,20H,1-3,19H2. The van der Waals surface area contributed by atoms with Crippen molar-refractivity contribution in [2.75, 3.05) is 11.9 Å². The van der Waals surface area contributed by atoms with Crippen LogP contribution in [0.1, 0.15) is 12.8 Å². The summed E-state index contributed by atoms with van der Waals surface area (Å²) in [4.78, 5) is 0. The minimum Gasteiger partial charge on any atom is -0.376 e. The van der Waals surface area contributed by atoms with Gasteiger partial charge in [0.05, 0.1) is 12.1 Å². The van der Waals surface area contributed by atoms with Crippen molar-refractivity contribution < 1.29 is 26.7 Å². The Kier molecular flexibility index (Phi) is 3.53. The van der Waals surface area contributed by atoms with Crippen LogP contribution in [0.2, 0.25) is 0 Å². The maximum absolute atomic E-state index is 13.6. The van der Waals surface area contributed by atoms with Crippen LogP contribution in [0.15, 0.2) is 0 Å². The Labute approximate surface area is 117 Å². The summed E-state index contributed by atoms with van der Waals surface area (Å²) < 4.78 is 71.9. The maximum atomic E-state index is 13.6. The lowest BCUT2D eigenvalue weighted by Gasteiger charge is -2.52. The summed E-state index contributed by atoms with van der Waals surface area (Å²) in [5.41, 5.74) is 4.83. The van der Waals surface area contributed by atoms with E-state index in [0.29, 0.717) is 6.61 Å². The number of benzene rings is 1. The van der Waals surface area contributed by atoms with Gasteiger partial charge in [0, 0.05) is 18.6 Å². The first-order valence-electron chi connectivity index (χ1n) is 6.58. The molecule has 0 radical (unpaired) electrons. The van der Waals surface area contributed by atoms with Crippen molar-refractivity contribution >= 4 is 5.69 Å². The number of halogens is 5. The number of ether oxygens (including phenoxy) is 1. The number of rotatable bonds is 2. The quantitative estimate of drug-likeness (QED) is 0.501. The van der Waals surface area contributed by atoms with Gasteiger partial charge in [0.25, 0.3) is 0 Å². The third-order valence-corrected chi connectivity index (χ3v) is 4.20. The van der Waals surface area contributed by atoms with Gasteiger partial charge >= 0.3 is 0 Å². The molecule has 1 saturated heterocycles. The molecule has 0 spiro atoms. The first kappa shape index (κ1) is 14.5. The lowest BCUT2D eigenvalue weighted by atomic mass is 9.68. The van der Waals surface area contributed by atoms with Crippen LogP contribution in [0.25, 0.3) is 0 Å². The largest absolute Gasteiger partial charge is 0.376 e. The molecule has 1 heterocycles. The monoisotopic (exact) mass is 308 g/mol. The van der Waals surface area contributed by atoms with Crippen molar-refractivity contribution in [1.29, 1.82) is 0 Å². The minimum absolute atomic E-state index is 0.0394.